The molecule has 0 saturated carbocycles. The Balaban J connectivity index is 4.67. The van der Waals surface area contributed by atoms with E-state index in [2.05, 4.69) is 23.3 Å². The topological polar surface area (TPSA) is 122 Å². The smallest absolute Gasteiger partial charge is 0.308 e. The van der Waals surface area contributed by atoms with Crippen molar-refractivity contribution in [1.82, 2.24) is 10.6 Å². The van der Waals surface area contributed by atoms with Crippen LogP contribution in [0.15, 0.2) is 0 Å². The molecule has 0 fully saturated rings. The van der Waals surface area contributed by atoms with Crippen LogP contribution in [0.1, 0.15) is 20.3 Å². The summed E-state index contributed by atoms with van der Waals surface area (Å²) in [5.74, 6) is -3.04. The highest BCUT2D eigenvalue weighted by Gasteiger charge is 2.34. The molecule has 0 bridgehead atoms. The van der Waals surface area contributed by atoms with Crippen molar-refractivity contribution in [2.75, 3.05) is 13.6 Å². The molecule has 0 rings (SSSR count). The highest BCUT2D eigenvalue weighted by Crippen LogP contribution is 2.27. The van der Waals surface area contributed by atoms with Crippen LogP contribution in [0, 0.1) is 5.92 Å². The van der Waals surface area contributed by atoms with Crippen molar-refractivity contribution in [2.45, 2.75) is 31.1 Å². The number of rotatable bonds is 7. The van der Waals surface area contributed by atoms with Gasteiger partial charge in [0, 0.05) is 24.8 Å². The van der Waals surface area contributed by atoms with Crippen molar-refractivity contribution in [3.8, 4) is 0 Å². The Hall–Kier alpha value is -1.28. The van der Waals surface area contributed by atoms with Crippen molar-refractivity contribution in [3.05, 3.63) is 0 Å². The third-order valence-corrected chi connectivity index (χ3v) is 2.99. The van der Waals surface area contributed by atoms with E-state index >= 15 is 0 Å². The third-order valence-electron chi connectivity index (χ3n) is 2.67. The van der Waals surface area contributed by atoms with E-state index in [9.17, 15) is 14.4 Å². The van der Waals surface area contributed by atoms with E-state index in [1.165, 1.54) is 7.05 Å². The average molecular weight is 291 g/mol. The predicted molar refractivity (Wildman–Crippen MR) is 73.9 cm³/mol. The van der Waals surface area contributed by atoms with Crippen LogP contribution in [0.5, 0.6) is 0 Å². The highest BCUT2D eigenvalue weighted by atomic mass is 32.1. The highest BCUT2D eigenvalue weighted by molar-refractivity contribution is 7.81. The number of likely N-dealkylation sites (N-methyl/N-ethyl adjacent to an activating group) is 1. The van der Waals surface area contributed by atoms with Gasteiger partial charge in [-0.1, -0.05) is 13.8 Å². The molecule has 0 aliphatic heterocycles. The number of thiol groups is 1. The third kappa shape index (κ3) is 5.93. The van der Waals surface area contributed by atoms with Crippen LogP contribution in [0.4, 0.5) is 0 Å². The van der Waals surface area contributed by atoms with E-state index in [1.54, 1.807) is 13.8 Å². The molecule has 0 radical (unpaired) electrons. The van der Waals surface area contributed by atoms with E-state index in [0.29, 0.717) is 0 Å². The van der Waals surface area contributed by atoms with E-state index in [0.717, 1.165) is 0 Å². The lowest BCUT2D eigenvalue weighted by molar-refractivity contribution is -0.145. The summed E-state index contributed by atoms with van der Waals surface area (Å²) in [6.07, 6.45) is -0.265. The maximum Gasteiger partial charge on any atom is 0.308 e. The normalized spacial score (nSPS) is 14.4. The van der Waals surface area contributed by atoms with Gasteiger partial charge in [0.2, 0.25) is 11.8 Å². The van der Waals surface area contributed by atoms with Gasteiger partial charge in [-0.25, -0.2) is 0 Å². The molecule has 0 aliphatic carbocycles. The molecule has 0 heterocycles. The average Bonchev–Trinajstić information content (AvgIpc) is 2.30. The number of carboxylic acid groups (broad SMARTS) is 1. The number of aliphatic carboxylic acids is 1. The van der Waals surface area contributed by atoms with Crippen LogP contribution in [0.25, 0.3) is 0 Å². The zero-order chi connectivity index (χ0) is 15.2. The molecular weight excluding hydrogens is 270 g/mol. The van der Waals surface area contributed by atoms with Gasteiger partial charge >= 0.3 is 5.97 Å². The molecule has 0 aromatic rings. The molecule has 0 aromatic carbocycles. The van der Waals surface area contributed by atoms with Gasteiger partial charge in [-0.15, -0.1) is 0 Å². The minimum Gasteiger partial charge on any atom is -0.481 e. The van der Waals surface area contributed by atoms with Gasteiger partial charge in [-0.05, 0) is 0 Å². The van der Waals surface area contributed by atoms with Crippen LogP contribution in [-0.4, -0.2) is 47.3 Å². The predicted octanol–water partition coefficient (Wildman–Crippen LogP) is -1.02. The van der Waals surface area contributed by atoms with Gasteiger partial charge in [0.1, 0.15) is 6.04 Å². The number of nitrogens with one attached hydrogen (secondary N) is 2. The molecule has 110 valence electrons. The van der Waals surface area contributed by atoms with Crippen LogP contribution in [0.2, 0.25) is 0 Å². The second-order valence-corrected chi connectivity index (χ2v) is 5.87. The zero-order valence-electron chi connectivity index (χ0n) is 11.3. The molecule has 5 N–H and O–H groups in total. The largest absolute Gasteiger partial charge is 0.481 e. The van der Waals surface area contributed by atoms with Crippen molar-refractivity contribution in [3.63, 3.8) is 0 Å². The number of carbonyl (C=O) groups is 3. The lowest BCUT2D eigenvalue weighted by atomic mass is 9.91. The van der Waals surface area contributed by atoms with E-state index in [1.807, 2.05) is 0 Å². The first kappa shape index (κ1) is 17.7. The summed E-state index contributed by atoms with van der Waals surface area (Å²) in [6.45, 7) is 3.16. The number of hydrogen-bond acceptors (Lipinski definition) is 5. The number of amides is 2. The lowest BCUT2D eigenvalue weighted by Gasteiger charge is -2.26. The van der Waals surface area contributed by atoms with Gasteiger partial charge in [0.25, 0.3) is 0 Å². The minimum absolute atomic E-state index is 0.0621. The van der Waals surface area contributed by atoms with Crippen LogP contribution in [0.3, 0.4) is 0 Å². The maximum absolute atomic E-state index is 11.8. The van der Waals surface area contributed by atoms with Gasteiger partial charge < -0.3 is 21.5 Å². The Labute approximate surface area is 117 Å². The first-order valence-electron chi connectivity index (χ1n) is 5.79. The van der Waals surface area contributed by atoms with Crippen molar-refractivity contribution in [2.24, 2.45) is 11.7 Å². The second kappa shape index (κ2) is 7.34. The fraction of sp³-hybridized carbons (Fsp3) is 0.727. The van der Waals surface area contributed by atoms with Crippen LogP contribution in [-0.2, 0) is 14.4 Å². The first-order valence-corrected chi connectivity index (χ1v) is 6.24. The standard InChI is InChI=1S/C11H21N3O4S/c1-11(2,19)6(10(17)18)4-8(15)14-7(5-12)9(16)13-3/h6-7,19H,4-5,12H2,1-3H3,(H,13,16)(H,14,15)(H,17,18). The number of nitrogens with two attached hydrogens (primary N) is 1. The number of hydrogen-bond donors (Lipinski definition) is 5. The Kier molecular flexibility index (Phi) is 6.85. The molecule has 19 heavy (non-hydrogen) atoms. The SMILES string of the molecule is CNC(=O)C(CN)NC(=O)CC(C(=O)O)C(C)(C)S. The zero-order valence-corrected chi connectivity index (χ0v) is 12.2. The molecule has 0 aromatic heterocycles. The molecule has 0 saturated heterocycles. The fourth-order valence-corrected chi connectivity index (χ4v) is 1.69. The lowest BCUT2D eigenvalue weighted by Crippen LogP contribution is -2.51. The van der Waals surface area contributed by atoms with Crippen molar-refractivity contribution < 1.29 is 19.5 Å². The quantitative estimate of drug-likeness (QED) is 0.384. The van der Waals surface area contributed by atoms with E-state index in [4.69, 9.17) is 10.8 Å². The van der Waals surface area contributed by atoms with E-state index < -0.39 is 34.5 Å². The summed E-state index contributed by atoms with van der Waals surface area (Å²) < 4.78 is -0.853. The summed E-state index contributed by atoms with van der Waals surface area (Å²) in [6, 6.07) is -0.866. The van der Waals surface area contributed by atoms with Crippen molar-refractivity contribution in [1.29, 1.82) is 0 Å². The van der Waals surface area contributed by atoms with Crippen molar-refractivity contribution >= 4 is 30.4 Å². The Bertz CT molecular complexity index is 354. The molecule has 2 atom stereocenters. The molecule has 0 spiro atoms. The summed E-state index contributed by atoms with van der Waals surface area (Å²) in [5, 5.41) is 13.8. The second-order valence-electron chi connectivity index (χ2n) is 4.72. The van der Waals surface area contributed by atoms with Gasteiger partial charge in [0.05, 0.1) is 5.92 Å². The molecule has 7 nitrogen and oxygen atoms in total. The molecule has 0 aliphatic rings. The van der Waals surface area contributed by atoms with Gasteiger partial charge in [0.15, 0.2) is 0 Å². The monoisotopic (exact) mass is 291 g/mol. The molecule has 2 unspecified atom stereocenters. The van der Waals surface area contributed by atoms with Gasteiger partial charge in [-0.2, -0.15) is 12.6 Å². The van der Waals surface area contributed by atoms with Crippen LogP contribution < -0.4 is 16.4 Å². The Morgan fingerprint density at radius 2 is 1.89 bits per heavy atom. The van der Waals surface area contributed by atoms with Gasteiger partial charge in [-0.3, -0.25) is 14.4 Å². The van der Waals surface area contributed by atoms with Crippen LogP contribution >= 0.6 is 12.6 Å². The van der Waals surface area contributed by atoms with E-state index in [-0.39, 0.29) is 13.0 Å². The number of carboxylic acids is 1. The summed E-state index contributed by atoms with van der Waals surface area (Å²) >= 11 is 4.17. The molecule has 8 heteroatoms. The first-order chi connectivity index (χ1) is 8.63. The summed E-state index contributed by atoms with van der Waals surface area (Å²) in [5.41, 5.74) is 5.37. The molecule has 2 amide bonds. The maximum atomic E-state index is 11.8. The Morgan fingerprint density at radius 1 is 1.37 bits per heavy atom. The molecular formula is C11H21N3O4S. The number of carbonyl (C=O) groups excluding carboxylic acids is 2. The summed E-state index contributed by atoms with van der Waals surface area (Å²) in [7, 11) is 1.42. The Morgan fingerprint density at radius 3 is 2.21 bits per heavy atom. The fourth-order valence-electron chi connectivity index (χ4n) is 1.48. The summed E-state index contributed by atoms with van der Waals surface area (Å²) in [4.78, 5) is 34.2. The minimum atomic E-state index is -1.11.